The van der Waals surface area contributed by atoms with Crippen LogP contribution in [0.25, 0.3) is 0 Å². The van der Waals surface area contributed by atoms with E-state index in [1.807, 2.05) is 24.3 Å². The maximum Gasteiger partial charge on any atom is 0.255 e. The van der Waals surface area contributed by atoms with Crippen LogP contribution < -0.4 is 10.6 Å². The fraction of sp³-hybridized carbons (Fsp3) is 0.0690. The second-order valence-electron chi connectivity index (χ2n) is 8.07. The van der Waals surface area contributed by atoms with Gasteiger partial charge in [-0.25, -0.2) is 4.39 Å². The van der Waals surface area contributed by atoms with Gasteiger partial charge in [0.1, 0.15) is 5.82 Å². The van der Waals surface area contributed by atoms with Gasteiger partial charge in [-0.15, -0.1) is 0 Å². The lowest BCUT2D eigenvalue weighted by Gasteiger charge is -2.14. The average molecular weight is 467 g/mol. The van der Waals surface area contributed by atoms with Crippen LogP contribution in [0.15, 0.2) is 103 Å². The predicted molar refractivity (Wildman–Crippen MR) is 134 cm³/mol. The van der Waals surface area contributed by atoms with Crippen molar-refractivity contribution in [3.05, 3.63) is 131 Å². The van der Waals surface area contributed by atoms with Gasteiger partial charge in [0.15, 0.2) is 5.78 Å². The fourth-order valence-electron chi connectivity index (χ4n) is 3.55. The van der Waals surface area contributed by atoms with Crippen LogP contribution in [-0.2, 0) is 4.79 Å². The minimum atomic E-state index is -0.500. The summed E-state index contributed by atoms with van der Waals surface area (Å²) in [5.41, 5.74) is 3.24. The first-order valence-corrected chi connectivity index (χ1v) is 11.1. The smallest absolute Gasteiger partial charge is 0.255 e. The van der Waals surface area contributed by atoms with Gasteiger partial charge in [-0.2, -0.15) is 0 Å². The van der Waals surface area contributed by atoms with E-state index in [4.69, 9.17) is 0 Å². The predicted octanol–water partition coefficient (Wildman–Crippen LogP) is 6.05. The number of hydrogen-bond acceptors (Lipinski definition) is 3. The summed E-state index contributed by atoms with van der Waals surface area (Å²) < 4.78 is 13.0. The molecule has 4 aromatic rings. The zero-order chi connectivity index (χ0) is 24.8. The summed E-state index contributed by atoms with van der Waals surface area (Å²) in [7, 11) is 0. The van der Waals surface area contributed by atoms with Crippen molar-refractivity contribution in [3.63, 3.8) is 0 Å². The van der Waals surface area contributed by atoms with Crippen molar-refractivity contribution in [2.24, 2.45) is 0 Å². The van der Waals surface area contributed by atoms with Crippen molar-refractivity contribution in [1.82, 2.24) is 0 Å². The van der Waals surface area contributed by atoms with E-state index in [2.05, 4.69) is 10.6 Å². The Balaban J connectivity index is 1.40. The van der Waals surface area contributed by atoms with Gasteiger partial charge in [-0.3, -0.25) is 14.4 Å². The van der Waals surface area contributed by atoms with Crippen molar-refractivity contribution >= 4 is 29.0 Å². The van der Waals surface area contributed by atoms with E-state index in [0.29, 0.717) is 28.1 Å². The number of carbonyl (C=O) groups is 3. The van der Waals surface area contributed by atoms with E-state index in [9.17, 15) is 18.8 Å². The molecule has 0 aliphatic heterocycles. The zero-order valence-electron chi connectivity index (χ0n) is 19.0. The highest BCUT2D eigenvalue weighted by Crippen LogP contribution is 2.21. The Bertz CT molecular complexity index is 1350. The van der Waals surface area contributed by atoms with Crippen molar-refractivity contribution in [1.29, 1.82) is 0 Å². The maximum absolute atomic E-state index is 13.0. The molecule has 0 heterocycles. The second-order valence-corrected chi connectivity index (χ2v) is 8.07. The molecule has 4 aromatic carbocycles. The molecule has 2 amide bonds. The number of amides is 2. The number of hydrogen-bond donors (Lipinski definition) is 2. The molecule has 1 unspecified atom stereocenters. The Hall–Kier alpha value is -4.58. The molecular weight excluding hydrogens is 443 g/mol. The normalized spacial score (nSPS) is 11.4. The van der Waals surface area contributed by atoms with E-state index in [0.717, 1.165) is 5.56 Å². The quantitative estimate of drug-likeness (QED) is 0.326. The molecule has 0 aromatic heterocycles. The van der Waals surface area contributed by atoms with Crippen molar-refractivity contribution < 1.29 is 18.8 Å². The maximum atomic E-state index is 13.0. The van der Waals surface area contributed by atoms with Crippen LogP contribution in [-0.4, -0.2) is 17.6 Å². The molecule has 0 saturated carbocycles. The monoisotopic (exact) mass is 466 g/mol. The van der Waals surface area contributed by atoms with Crippen LogP contribution in [0.5, 0.6) is 0 Å². The number of benzene rings is 4. The summed E-state index contributed by atoms with van der Waals surface area (Å²) in [6.45, 7) is 1.77. The van der Waals surface area contributed by atoms with Crippen LogP contribution in [0.3, 0.4) is 0 Å². The van der Waals surface area contributed by atoms with E-state index >= 15 is 0 Å². The zero-order valence-corrected chi connectivity index (χ0v) is 19.0. The van der Waals surface area contributed by atoms with Gasteiger partial charge < -0.3 is 10.6 Å². The van der Waals surface area contributed by atoms with Crippen molar-refractivity contribution in [2.45, 2.75) is 12.8 Å². The molecule has 174 valence electrons. The highest BCUT2D eigenvalue weighted by molar-refractivity contribution is 6.09. The summed E-state index contributed by atoms with van der Waals surface area (Å²) in [6, 6.07) is 28.0. The van der Waals surface area contributed by atoms with E-state index < -0.39 is 5.92 Å². The summed E-state index contributed by atoms with van der Waals surface area (Å²) in [5, 5.41) is 5.54. The second kappa shape index (κ2) is 10.6. The minimum Gasteiger partial charge on any atom is -0.326 e. The fourth-order valence-corrected chi connectivity index (χ4v) is 3.55. The standard InChI is InChI=1S/C29H23FN2O3/c1-19(22-8-5-9-23(18-22)27(33)20-6-3-2-4-7-20)28(34)31-25-14-10-21(11-15-25)29(35)32-26-16-12-24(30)13-17-26/h2-19H,1H3,(H,31,34)(H,32,35). The van der Waals surface area contributed by atoms with E-state index in [1.54, 1.807) is 61.5 Å². The molecule has 1 atom stereocenters. The first-order chi connectivity index (χ1) is 16.9. The van der Waals surface area contributed by atoms with Gasteiger partial charge in [0, 0.05) is 28.1 Å². The molecule has 5 nitrogen and oxygen atoms in total. The molecule has 2 N–H and O–H groups in total. The summed E-state index contributed by atoms with van der Waals surface area (Å²) in [4.78, 5) is 38.0. The van der Waals surface area contributed by atoms with Crippen molar-refractivity contribution in [2.75, 3.05) is 10.6 Å². The molecule has 0 radical (unpaired) electrons. The van der Waals surface area contributed by atoms with Crippen LogP contribution in [0.2, 0.25) is 0 Å². The number of halogens is 1. The average Bonchev–Trinajstić information content (AvgIpc) is 2.90. The van der Waals surface area contributed by atoms with Crippen LogP contribution in [0.1, 0.15) is 44.7 Å². The van der Waals surface area contributed by atoms with Crippen LogP contribution >= 0.6 is 0 Å². The lowest BCUT2D eigenvalue weighted by atomic mass is 9.95. The molecule has 0 aliphatic rings. The Kier molecular flexibility index (Phi) is 7.12. The summed E-state index contributed by atoms with van der Waals surface area (Å²) in [6.07, 6.45) is 0. The summed E-state index contributed by atoms with van der Waals surface area (Å²) >= 11 is 0. The Morgan fingerprint density at radius 3 is 1.94 bits per heavy atom. The molecule has 35 heavy (non-hydrogen) atoms. The SMILES string of the molecule is CC(C(=O)Nc1ccc(C(=O)Nc2ccc(F)cc2)cc1)c1cccc(C(=O)c2ccccc2)c1. The number of nitrogens with one attached hydrogen (secondary N) is 2. The largest absolute Gasteiger partial charge is 0.326 e. The Morgan fingerprint density at radius 2 is 1.26 bits per heavy atom. The number of anilines is 2. The lowest BCUT2D eigenvalue weighted by molar-refractivity contribution is -0.117. The first-order valence-electron chi connectivity index (χ1n) is 11.1. The molecule has 4 rings (SSSR count). The number of ketones is 1. The Morgan fingerprint density at radius 1 is 0.657 bits per heavy atom. The molecule has 0 fully saturated rings. The highest BCUT2D eigenvalue weighted by Gasteiger charge is 2.18. The van der Waals surface area contributed by atoms with Gasteiger partial charge in [0.05, 0.1) is 5.92 Å². The minimum absolute atomic E-state index is 0.102. The third-order valence-corrected chi connectivity index (χ3v) is 5.59. The van der Waals surface area contributed by atoms with Crippen LogP contribution in [0, 0.1) is 5.82 Å². The first kappa shape index (κ1) is 23.6. The third-order valence-electron chi connectivity index (χ3n) is 5.59. The van der Waals surface area contributed by atoms with Gasteiger partial charge in [-0.1, -0.05) is 48.5 Å². The molecule has 6 heteroatoms. The van der Waals surface area contributed by atoms with E-state index in [1.165, 1.54) is 24.3 Å². The molecular formula is C29H23FN2O3. The van der Waals surface area contributed by atoms with Gasteiger partial charge in [0.25, 0.3) is 5.91 Å². The molecule has 0 saturated heterocycles. The lowest BCUT2D eigenvalue weighted by Crippen LogP contribution is -2.19. The van der Waals surface area contributed by atoms with Crippen LogP contribution in [0.4, 0.5) is 15.8 Å². The third kappa shape index (κ3) is 5.86. The molecule has 0 aliphatic carbocycles. The molecule has 0 spiro atoms. The number of rotatable bonds is 7. The van der Waals surface area contributed by atoms with E-state index in [-0.39, 0.29) is 23.4 Å². The highest BCUT2D eigenvalue weighted by atomic mass is 19.1. The topological polar surface area (TPSA) is 75.3 Å². The van der Waals surface area contributed by atoms with Gasteiger partial charge in [-0.05, 0) is 67.1 Å². The summed E-state index contributed by atoms with van der Waals surface area (Å²) in [5.74, 6) is -1.57. The molecule has 0 bridgehead atoms. The van der Waals surface area contributed by atoms with Crippen molar-refractivity contribution in [3.8, 4) is 0 Å². The van der Waals surface area contributed by atoms with Gasteiger partial charge in [0.2, 0.25) is 5.91 Å². The Labute approximate surface area is 202 Å². The van der Waals surface area contributed by atoms with Gasteiger partial charge >= 0.3 is 0 Å². The number of carbonyl (C=O) groups excluding carboxylic acids is 3.